The van der Waals surface area contributed by atoms with Crippen molar-refractivity contribution in [3.05, 3.63) is 41.0 Å². The molecule has 1 nitrogen and oxygen atoms in total. The molecular formula is C16H25N. The fourth-order valence-corrected chi connectivity index (χ4v) is 1.90. The van der Waals surface area contributed by atoms with E-state index in [0.29, 0.717) is 18.4 Å². The first-order valence-corrected chi connectivity index (χ1v) is 6.52. The molecule has 0 spiro atoms. The quantitative estimate of drug-likeness (QED) is 0.817. The van der Waals surface area contributed by atoms with E-state index in [9.17, 15) is 0 Å². The average Bonchev–Trinajstić information content (AvgIpc) is 2.26. The van der Waals surface area contributed by atoms with Crippen LogP contribution in [0.5, 0.6) is 0 Å². The third-order valence-electron chi connectivity index (χ3n) is 2.95. The Bertz CT molecular complexity index is 358. The van der Waals surface area contributed by atoms with Crippen LogP contribution in [-0.2, 0) is 6.42 Å². The Morgan fingerprint density at radius 1 is 1.12 bits per heavy atom. The van der Waals surface area contributed by atoms with Gasteiger partial charge in [-0.05, 0) is 29.4 Å². The van der Waals surface area contributed by atoms with E-state index in [-0.39, 0.29) is 0 Å². The van der Waals surface area contributed by atoms with Gasteiger partial charge in [-0.15, -0.1) is 0 Å². The van der Waals surface area contributed by atoms with Crippen LogP contribution >= 0.6 is 0 Å². The molecule has 2 N–H and O–H groups in total. The molecule has 1 aromatic carbocycles. The summed E-state index contributed by atoms with van der Waals surface area (Å²) in [5, 5.41) is 0. The maximum absolute atomic E-state index is 5.75. The normalized spacial score (nSPS) is 12.5. The molecule has 0 unspecified atom stereocenters. The second kappa shape index (κ2) is 6.61. The summed E-state index contributed by atoms with van der Waals surface area (Å²) >= 11 is 0. The Hall–Kier alpha value is -1.08. The van der Waals surface area contributed by atoms with E-state index in [1.54, 1.807) is 0 Å². The lowest BCUT2D eigenvalue weighted by atomic mass is 9.98. The smallest absolute Gasteiger partial charge is 0.0142 e. The van der Waals surface area contributed by atoms with Crippen molar-refractivity contribution in [3.63, 3.8) is 0 Å². The molecule has 0 aliphatic rings. The molecule has 0 atom stereocenters. The summed E-state index contributed by atoms with van der Waals surface area (Å²) in [6.45, 7) is 9.52. The molecule has 1 heteroatoms. The predicted molar refractivity (Wildman–Crippen MR) is 76.9 cm³/mol. The molecule has 0 bridgehead atoms. The van der Waals surface area contributed by atoms with Gasteiger partial charge >= 0.3 is 0 Å². The van der Waals surface area contributed by atoms with E-state index < -0.39 is 0 Å². The van der Waals surface area contributed by atoms with Crippen molar-refractivity contribution in [2.45, 2.75) is 34.1 Å². The lowest BCUT2D eigenvalue weighted by molar-refractivity contribution is 0.647. The number of nitrogens with two attached hydrogens (primary N) is 1. The van der Waals surface area contributed by atoms with Crippen molar-refractivity contribution in [2.75, 3.05) is 6.54 Å². The van der Waals surface area contributed by atoms with Crippen LogP contribution in [0.3, 0.4) is 0 Å². The highest BCUT2D eigenvalue weighted by Crippen LogP contribution is 2.15. The number of hydrogen-bond donors (Lipinski definition) is 1. The predicted octanol–water partition coefficient (Wildman–Crippen LogP) is 3.88. The Kier molecular flexibility index (Phi) is 5.43. The summed E-state index contributed by atoms with van der Waals surface area (Å²) in [4.78, 5) is 0. The zero-order valence-electron chi connectivity index (χ0n) is 11.5. The molecule has 0 radical (unpaired) electrons. The summed E-state index contributed by atoms with van der Waals surface area (Å²) in [7, 11) is 0. The second-order valence-electron chi connectivity index (χ2n) is 5.42. The lowest BCUT2D eigenvalue weighted by Gasteiger charge is -2.09. The largest absolute Gasteiger partial charge is 0.327 e. The molecule has 0 aliphatic heterocycles. The molecule has 0 saturated heterocycles. The Morgan fingerprint density at radius 2 is 1.71 bits per heavy atom. The van der Waals surface area contributed by atoms with Gasteiger partial charge in [-0.3, -0.25) is 0 Å². The van der Waals surface area contributed by atoms with Gasteiger partial charge in [-0.2, -0.15) is 0 Å². The highest BCUT2D eigenvalue weighted by atomic mass is 14.5. The summed E-state index contributed by atoms with van der Waals surface area (Å²) in [6, 6.07) is 8.83. The molecule has 0 amide bonds. The average molecular weight is 231 g/mol. The SMILES string of the molecule is CC(C)Cc1ccc(C=C(CN)C(C)C)cc1. The first-order valence-electron chi connectivity index (χ1n) is 6.52. The molecule has 1 aromatic rings. The van der Waals surface area contributed by atoms with Crippen LogP contribution in [0.1, 0.15) is 38.8 Å². The van der Waals surface area contributed by atoms with Crippen molar-refractivity contribution in [2.24, 2.45) is 17.6 Å². The van der Waals surface area contributed by atoms with Crippen molar-refractivity contribution in [3.8, 4) is 0 Å². The van der Waals surface area contributed by atoms with Crippen LogP contribution in [0.15, 0.2) is 29.8 Å². The van der Waals surface area contributed by atoms with Crippen molar-refractivity contribution in [1.29, 1.82) is 0 Å². The van der Waals surface area contributed by atoms with E-state index >= 15 is 0 Å². The van der Waals surface area contributed by atoms with Gasteiger partial charge in [0.25, 0.3) is 0 Å². The molecule has 0 aromatic heterocycles. The maximum atomic E-state index is 5.75. The standard InChI is InChI=1S/C16H25N/c1-12(2)9-14-5-7-15(8-6-14)10-16(11-17)13(3)4/h5-8,10,12-13H,9,11,17H2,1-4H3. The highest BCUT2D eigenvalue weighted by Gasteiger charge is 2.01. The van der Waals surface area contributed by atoms with Crippen LogP contribution < -0.4 is 5.73 Å². The fraction of sp³-hybridized carbons (Fsp3) is 0.500. The zero-order valence-corrected chi connectivity index (χ0v) is 11.5. The van der Waals surface area contributed by atoms with E-state index in [2.05, 4.69) is 58.0 Å². The molecule has 0 heterocycles. The third kappa shape index (κ3) is 4.74. The third-order valence-corrected chi connectivity index (χ3v) is 2.95. The van der Waals surface area contributed by atoms with Crippen molar-refractivity contribution >= 4 is 6.08 Å². The second-order valence-corrected chi connectivity index (χ2v) is 5.42. The molecule has 1 rings (SSSR count). The van der Waals surface area contributed by atoms with Crippen LogP contribution in [-0.4, -0.2) is 6.54 Å². The monoisotopic (exact) mass is 231 g/mol. The van der Waals surface area contributed by atoms with Crippen LogP contribution in [0.25, 0.3) is 6.08 Å². The molecule has 0 fully saturated rings. The van der Waals surface area contributed by atoms with E-state index in [4.69, 9.17) is 5.73 Å². The van der Waals surface area contributed by atoms with Crippen LogP contribution in [0, 0.1) is 11.8 Å². The number of rotatable bonds is 5. The number of benzene rings is 1. The Morgan fingerprint density at radius 3 is 2.12 bits per heavy atom. The van der Waals surface area contributed by atoms with Gasteiger partial charge < -0.3 is 5.73 Å². The molecule has 17 heavy (non-hydrogen) atoms. The first kappa shape index (κ1) is 14.0. The minimum Gasteiger partial charge on any atom is -0.327 e. The van der Waals surface area contributed by atoms with Crippen LogP contribution in [0.4, 0.5) is 0 Å². The van der Waals surface area contributed by atoms with Gasteiger partial charge in [-0.25, -0.2) is 0 Å². The maximum Gasteiger partial charge on any atom is 0.0142 e. The number of hydrogen-bond acceptors (Lipinski definition) is 1. The van der Waals surface area contributed by atoms with E-state index in [1.165, 1.54) is 16.7 Å². The lowest BCUT2D eigenvalue weighted by Crippen LogP contribution is -2.08. The van der Waals surface area contributed by atoms with Crippen LogP contribution in [0.2, 0.25) is 0 Å². The summed E-state index contributed by atoms with van der Waals surface area (Å²) in [5.41, 5.74) is 9.73. The minimum atomic E-state index is 0.523. The summed E-state index contributed by atoms with van der Waals surface area (Å²) in [5.74, 6) is 1.24. The van der Waals surface area contributed by atoms with Gasteiger partial charge in [-0.1, -0.05) is 63.6 Å². The highest BCUT2D eigenvalue weighted by molar-refractivity contribution is 5.54. The first-order chi connectivity index (χ1) is 8.02. The zero-order chi connectivity index (χ0) is 12.8. The van der Waals surface area contributed by atoms with Gasteiger partial charge in [0, 0.05) is 6.54 Å². The van der Waals surface area contributed by atoms with Crippen molar-refractivity contribution in [1.82, 2.24) is 0 Å². The molecular weight excluding hydrogens is 206 g/mol. The molecule has 0 saturated carbocycles. The topological polar surface area (TPSA) is 26.0 Å². The minimum absolute atomic E-state index is 0.523. The molecule has 94 valence electrons. The van der Waals surface area contributed by atoms with E-state index in [1.807, 2.05) is 0 Å². The van der Waals surface area contributed by atoms with Gasteiger partial charge in [0.05, 0.1) is 0 Å². The Labute approximate surface area is 106 Å². The molecule has 0 aliphatic carbocycles. The van der Waals surface area contributed by atoms with Gasteiger partial charge in [0.2, 0.25) is 0 Å². The van der Waals surface area contributed by atoms with E-state index in [0.717, 1.165) is 6.42 Å². The summed E-state index contributed by atoms with van der Waals surface area (Å²) < 4.78 is 0. The van der Waals surface area contributed by atoms with Gasteiger partial charge in [0.1, 0.15) is 0 Å². The Balaban J connectivity index is 2.80. The summed E-state index contributed by atoms with van der Waals surface area (Å²) in [6.07, 6.45) is 3.36. The fourth-order valence-electron chi connectivity index (χ4n) is 1.90. The van der Waals surface area contributed by atoms with Crippen molar-refractivity contribution < 1.29 is 0 Å². The van der Waals surface area contributed by atoms with Gasteiger partial charge in [0.15, 0.2) is 0 Å².